The third kappa shape index (κ3) is 3.32. The van der Waals surface area contributed by atoms with E-state index in [1.807, 2.05) is 0 Å². The van der Waals surface area contributed by atoms with Gasteiger partial charge in [-0.15, -0.1) is 0 Å². The first-order valence-corrected chi connectivity index (χ1v) is 17.0. The lowest BCUT2D eigenvalue weighted by atomic mass is 9.62. The van der Waals surface area contributed by atoms with E-state index in [9.17, 15) is 0 Å². The largest absolute Gasteiger partial charge is 0.457 e. The third-order valence-electron chi connectivity index (χ3n) is 11.3. The van der Waals surface area contributed by atoms with Crippen LogP contribution in [0.1, 0.15) is 47.2 Å². The molecule has 0 N–H and O–H groups in total. The van der Waals surface area contributed by atoms with Crippen molar-refractivity contribution in [2.45, 2.75) is 24.7 Å². The summed E-state index contributed by atoms with van der Waals surface area (Å²) in [5.74, 6) is 3.45. The Morgan fingerprint density at radius 1 is 0.408 bits per heavy atom. The fraction of sp³-hybridized carbons (Fsp3) is 0.0870. The molecule has 0 unspecified atom stereocenters. The summed E-state index contributed by atoms with van der Waals surface area (Å²) in [5, 5.41) is 2.50. The molecule has 232 valence electrons. The van der Waals surface area contributed by atoms with Crippen molar-refractivity contribution in [1.29, 1.82) is 0 Å². The molecule has 1 aliphatic carbocycles. The van der Waals surface area contributed by atoms with E-state index in [4.69, 9.17) is 9.47 Å². The molecule has 0 amide bonds. The number of nitrogens with zero attached hydrogens (tertiary/aromatic N) is 1. The van der Waals surface area contributed by atoms with Gasteiger partial charge in [0.1, 0.15) is 23.0 Å². The van der Waals surface area contributed by atoms with Crippen LogP contribution in [0.2, 0.25) is 0 Å². The zero-order valence-corrected chi connectivity index (χ0v) is 27.2. The highest BCUT2D eigenvalue weighted by atomic mass is 16.5. The van der Waals surface area contributed by atoms with Gasteiger partial charge in [0, 0.05) is 50.2 Å². The number of hydrogen-bond donors (Lipinski definition) is 0. The average molecular weight is 630 g/mol. The molecule has 1 spiro atoms. The monoisotopic (exact) mass is 629 g/mol. The van der Waals surface area contributed by atoms with E-state index < -0.39 is 5.41 Å². The van der Waals surface area contributed by atoms with Crippen molar-refractivity contribution in [2.24, 2.45) is 0 Å². The van der Waals surface area contributed by atoms with E-state index in [-0.39, 0.29) is 5.41 Å². The Morgan fingerprint density at radius 2 is 0.959 bits per heavy atom. The van der Waals surface area contributed by atoms with Crippen LogP contribution in [0.5, 0.6) is 23.0 Å². The van der Waals surface area contributed by atoms with E-state index >= 15 is 0 Å². The normalized spacial score (nSPS) is 15.4. The summed E-state index contributed by atoms with van der Waals surface area (Å²) in [6.07, 6.45) is 0. The lowest BCUT2D eigenvalue weighted by Crippen LogP contribution is -2.36. The molecule has 11 rings (SSSR count). The summed E-state index contributed by atoms with van der Waals surface area (Å²) in [6, 6.07) is 54.7. The SMILES string of the molecule is CC1(C)c2ccccc2-c2cc3c4ccccc4n(-c4ccc5c(c4)Oc4ccccc4C54c5ccccc5Oc5ccccc54)c3cc21. The first-order valence-electron chi connectivity index (χ1n) is 17.0. The van der Waals surface area contributed by atoms with Crippen LogP contribution in [0.25, 0.3) is 38.6 Å². The number of rotatable bonds is 1. The zero-order valence-electron chi connectivity index (χ0n) is 27.2. The Hall–Kier alpha value is -6.06. The molecule has 0 radical (unpaired) electrons. The van der Waals surface area contributed by atoms with Crippen molar-refractivity contribution >= 4 is 21.8 Å². The maximum Gasteiger partial charge on any atom is 0.134 e. The Bertz CT molecular complexity index is 2650. The molecule has 3 heteroatoms. The van der Waals surface area contributed by atoms with Crippen molar-refractivity contribution in [2.75, 3.05) is 0 Å². The number of ether oxygens (including phenoxy) is 2. The number of hydrogen-bond acceptors (Lipinski definition) is 2. The van der Waals surface area contributed by atoms with Crippen molar-refractivity contribution in [1.82, 2.24) is 4.57 Å². The molecule has 3 aliphatic rings. The van der Waals surface area contributed by atoms with Crippen LogP contribution in [0, 0.1) is 0 Å². The highest BCUT2D eigenvalue weighted by molar-refractivity contribution is 6.11. The second-order valence-electron chi connectivity index (χ2n) is 14.1. The van der Waals surface area contributed by atoms with E-state index in [0.29, 0.717) is 0 Å². The van der Waals surface area contributed by atoms with Crippen LogP contribution < -0.4 is 9.47 Å². The van der Waals surface area contributed by atoms with Crippen molar-refractivity contribution in [3.63, 3.8) is 0 Å². The molecule has 0 saturated carbocycles. The van der Waals surface area contributed by atoms with Crippen LogP contribution in [0.15, 0.2) is 152 Å². The Kier molecular flexibility index (Phi) is 5.11. The van der Waals surface area contributed by atoms with E-state index in [0.717, 1.165) is 50.9 Å². The summed E-state index contributed by atoms with van der Waals surface area (Å²) in [5.41, 5.74) is 12.6. The standard InChI is InChI=1S/C46H31NO2/c1-45(2)33-15-5-3-13-29(33)31-26-32-30-14-4-9-19-39(30)47(40(32)27-38(31)45)28-23-24-37-44(25-28)49-43-22-12-8-18-36(43)46(37)34-16-6-10-20-41(34)48-42-21-11-7-17-35(42)46/h3-27H,1-2H3. The molecule has 0 bridgehead atoms. The zero-order chi connectivity index (χ0) is 32.5. The van der Waals surface area contributed by atoms with Crippen molar-refractivity contribution < 1.29 is 9.47 Å². The second-order valence-corrected chi connectivity index (χ2v) is 14.1. The molecule has 0 fully saturated rings. The van der Waals surface area contributed by atoms with Crippen molar-refractivity contribution in [3.05, 3.63) is 185 Å². The minimum Gasteiger partial charge on any atom is -0.457 e. The van der Waals surface area contributed by atoms with Gasteiger partial charge in [-0.3, -0.25) is 0 Å². The smallest absolute Gasteiger partial charge is 0.134 e. The fourth-order valence-electron chi connectivity index (χ4n) is 9.19. The van der Waals surface area contributed by atoms with Crippen LogP contribution in [0.3, 0.4) is 0 Å². The minimum atomic E-state index is -0.606. The van der Waals surface area contributed by atoms with Crippen LogP contribution >= 0.6 is 0 Å². The molecular formula is C46H31NO2. The molecule has 8 aromatic rings. The van der Waals surface area contributed by atoms with Gasteiger partial charge in [-0.05, 0) is 64.7 Å². The van der Waals surface area contributed by atoms with Crippen molar-refractivity contribution in [3.8, 4) is 39.8 Å². The summed E-state index contributed by atoms with van der Waals surface area (Å²) in [7, 11) is 0. The van der Waals surface area contributed by atoms with Crippen LogP contribution in [-0.2, 0) is 10.8 Å². The maximum atomic E-state index is 6.89. The molecule has 7 aromatic carbocycles. The Morgan fingerprint density at radius 3 is 1.65 bits per heavy atom. The van der Waals surface area contributed by atoms with Crippen LogP contribution in [0.4, 0.5) is 0 Å². The summed E-state index contributed by atoms with van der Waals surface area (Å²) in [6.45, 7) is 4.70. The summed E-state index contributed by atoms with van der Waals surface area (Å²) < 4.78 is 15.9. The number of fused-ring (bicyclic) bond motifs is 14. The lowest BCUT2D eigenvalue weighted by molar-refractivity contribution is 0.399. The van der Waals surface area contributed by atoms with Gasteiger partial charge in [0.25, 0.3) is 0 Å². The second kappa shape index (κ2) is 9.30. The predicted molar refractivity (Wildman–Crippen MR) is 197 cm³/mol. The molecule has 3 nitrogen and oxygen atoms in total. The van der Waals surface area contributed by atoms with Gasteiger partial charge >= 0.3 is 0 Å². The predicted octanol–water partition coefficient (Wildman–Crippen LogP) is 11.7. The number of para-hydroxylation sites is 4. The molecule has 1 aromatic heterocycles. The first-order chi connectivity index (χ1) is 24.0. The molecule has 49 heavy (non-hydrogen) atoms. The molecule has 3 heterocycles. The van der Waals surface area contributed by atoms with Gasteiger partial charge < -0.3 is 14.0 Å². The third-order valence-corrected chi connectivity index (χ3v) is 11.3. The Labute approximate surface area is 284 Å². The van der Waals surface area contributed by atoms with Gasteiger partial charge in [-0.2, -0.15) is 0 Å². The van der Waals surface area contributed by atoms with Gasteiger partial charge in [0.2, 0.25) is 0 Å². The van der Waals surface area contributed by atoms with Crippen LogP contribution in [-0.4, -0.2) is 4.57 Å². The molecular weight excluding hydrogens is 599 g/mol. The quantitative estimate of drug-likeness (QED) is 0.180. The van der Waals surface area contributed by atoms with E-state index in [1.54, 1.807) is 0 Å². The summed E-state index contributed by atoms with van der Waals surface area (Å²) >= 11 is 0. The molecule has 0 saturated heterocycles. The number of benzene rings is 7. The highest BCUT2D eigenvalue weighted by Gasteiger charge is 2.50. The van der Waals surface area contributed by atoms with Gasteiger partial charge in [-0.25, -0.2) is 0 Å². The number of aromatic nitrogens is 1. The van der Waals surface area contributed by atoms with Gasteiger partial charge in [0.05, 0.1) is 16.4 Å². The Balaban J connectivity index is 1.20. The highest BCUT2D eigenvalue weighted by Crippen LogP contribution is 2.61. The first kappa shape index (κ1) is 26.9. The molecule has 2 aliphatic heterocycles. The lowest BCUT2D eigenvalue weighted by Gasteiger charge is -2.44. The van der Waals surface area contributed by atoms with Gasteiger partial charge in [0.15, 0.2) is 0 Å². The van der Waals surface area contributed by atoms with E-state index in [1.165, 1.54) is 44.1 Å². The summed E-state index contributed by atoms with van der Waals surface area (Å²) in [4.78, 5) is 0. The molecule has 0 atom stereocenters. The van der Waals surface area contributed by atoms with Gasteiger partial charge in [-0.1, -0.05) is 117 Å². The average Bonchev–Trinajstić information content (AvgIpc) is 3.58. The maximum absolute atomic E-state index is 6.89. The topological polar surface area (TPSA) is 23.4 Å². The fourth-order valence-corrected chi connectivity index (χ4v) is 9.19. The minimum absolute atomic E-state index is 0.0969. The van der Waals surface area contributed by atoms with E-state index in [2.05, 4.69) is 170 Å².